The van der Waals surface area contributed by atoms with E-state index in [0.29, 0.717) is 22.9 Å². The van der Waals surface area contributed by atoms with Gasteiger partial charge in [-0.2, -0.15) is 10.4 Å². The Bertz CT molecular complexity index is 1200. The fraction of sp³-hybridized carbons (Fsp3) is 0.200. The third kappa shape index (κ3) is 3.85. The van der Waals surface area contributed by atoms with E-state index in [9.17, 15) is 10.1 Å². The van der Waals surface area contributed by atoms with Crippen LogP contribution in [0.4, 0.5) is 0 Å². The van der Waals surface area contributed by atoms with E-state index in [2.05, 4.69) is 29.8 Å². The number of aromatic nitrogens is 2. The number of aryl methyl sites for hydroxylation is 1. The number of benzene rings is 2. The molecular formula is C25H22N4OS. The summed E-state index contributed by atoms with van der Waals surface area (Å²) in [6.45, 7) is 3.71. The Balaban J connectivity index is 1.87. The van der Waals surface area contributed by atoms with Gasteiger partial charge in [0, 0.05) is 23.9 Å². The maximum Gasteiger partial charge on any atom is 0.207 e. The first-order valence-corrected chi connectivity index (χ1v) is 11.1. The summed E-state index contributed by atoms with van der Waals surface area (Å²) < 4.78 is 1.84. The molecule has 1 aliphatic rings. The minimum absolute atomic E-state index is 0.301. The van der Waals surface area contributed by atoms with Crippen LogP contribution in [0.3, 0.4) is 0 Å². The number of carbonyl (C=O) groups is 1. The molecule has 0 saturated carbocycles. The van der Waals surface area contributed by atoms with Crippen LogP contribution in [0.25, 0.3) is 16.9 Å². The van der Waals surface area contributed by atoms with Crippen molar-refractivity contribution >= 4 is 22.6 Å². The molecule has 0 spiro atoms. The number of nitriles is 1. The molecule has 0 saturated heterocycles. The number of nitrogens with zero attached hydrogens (tertiary/aromatic N) is 4. The third-order valence-electron chi connectivity index (χ3n) is 5.34. The van der Waals surface area contributed by atoms with Crippen LogP contribution >= 0.6 is 11.8 Å². The van der Waals surface area contributed by atoms with E-state index in [-0.39, 0.29) is 5.78 Å². The molecule has 4 rings (SSSR count). The monoisotopic (exact) mass is 426 g/mol. The Morgan fingerprint density at radius 1 is 1.26 bits per heavy atom. The van der Waals surface area contributed by atoms with Crippen molar-refractivity contribution < 1.29 is 4.79 Å². The lowest BCUT2D eigenvalue weighted by Crippen LogP contribution is -2.23. The third-order valence-corrected chi connectivity index (χ3v) is 6.46. The first-order chi connectivity index (χ1) is 15.2. The van der Waals surface area contributed by atoms with Gasteiger partial charge in [-0.15, -0.1) is 18.3 Å². The molecule has 2 aromatic carbocycles. The zero-order chi connectivity index (χ0) is 21.8. The zero-order valence-corrected chi connectivity index (χ0v) is 18.1. The van der Waals surface area contributed by atoms with Crippen LogP contribution in [0, 0.1) is 17.2 Å². The predicted octanol–water partition coefficient (Wildman–Crippen LogP) is 4.91. The normalized spacial score (nSPS) is 13.6. The SMILES string of the molecule is C=CCSC(=NC)C(C#N)C(=O)c1nn(-c2ccccc2)c2c1CCc1ccccc1-2. The number of rotatable bonds is 6. The Kier molecular flexibility index (Phi) is 6.15. The van der Waals surface area contributed by atoms with Gasteiger partial charge in [0.2, 0.25) is 5.78 Å². The fourth-order valence-corrected chi connectivity index (χ4v) is 4.67. The van der Waals surface area contributed by atoms with Gasteiger partial charge in [0.1, 0.15) is 5.69 Å². The lowest BCUT2D eigenvalue weighted by Gasteiger charge is -2.19. The van der Waals surface area contributed by atoms with Gasteiger partial charge in [-0.1, -0.05) is 48.5 Å². The van der Waals surface area contributed by atoms with Crippen molar-refractivity contribution in [1.29, 1.82) is 5.26 Å². The van der Waals surface area contributed by atoms with E-state index < -0.39 is 5.92 Å². The van der Waals surface area contributed by atoms with E-state index in [0.717, 1.165) is 28.9 Å². The summed E-state index contributed by atoms with van der Waals surface area (Å²) in [7, 11) is 1.61. The molecule has 0 fully saturated rings. The highest BCUT2D eigenvalue weighted by atomic mass is 32.2. The van der Waals surface area contributed by atoms with Crippen molar-refractivity contribution in [2.45, 2.75) is 12.8 Å². The molecule has 3 aromatic rings. The van der Waals surface area contributed by atoms with Crippen LogP contribution in [0.2, 0.25) is 0 Å². The number of hydrogen-bond acceptors (Lipinski definition) is 5. The predicted molar refractivity (Wildman–Crippen MR) is 126 cm³/mol. The standard InChI is InChI=1S/C25H22N4OS/c1-3-15-31-25(27-2)21(16-26)24(30)22-20-14-13-17-9-7-8-12-19(17)23(20)29(28-22)18-10-5-4-6-11-18/h3-12,21H,1,13-15H2,2H3. The first kappa shape index (κ1) is 20.8. The van der Waals surface area contributed by atoms with Crippen LogP contribution in [0.1, 0.15) is 21.6 Å². The molecule has 0 aliphatic heterocycles. The van der Waals surface area contributed by atoms with E-state index in [1.54, 1.807) is 13.1 Å². The molecule has 1 unspecified atom stereocenters. The number of aliphatic imine (C=N–C) groups is 1. The number of fused-ring (bicyclic) bond motifs is 3. The maximum absolute atomic E-state index is 13.5. The first-order valence-electron chi connectivity index (χ1n) is 10.1. The number of carbonyl (C=O) groups excluding carboxylic acids is 1. The van der Waals surface area contributed by atoms with Gasteiger partial charge in [0.25, 0.3) is 0 Å². The summed E-state index contributed by atoms with van der Waals surface area (Å²) in [6.07, 6.45) is 3.27. The number of Topliss-reactive ketones (excluding diaryl/α,β-unsaturated/α-hetero) is 1. The van der Waals surface area contributed by atoms with Gasteiger partial charge in [-0.25, -0.2) is 4.68 Å². The van der Waals surface area contributed by atoms with Crippen molar-refractivity contribution in [3.05, 3.63) is 84.1 Å². The number of hydrogen-bond donors (Lipinski definition) is 0. The smallest absolute Gasteiger partial charge is 0.207 e. The quantitative estimate of drug-likeness (QED) is 0.243. The summed E-state index contributed by atoms with van der Waals surface area (Å²) >= 11 is 1.36. The van der Waals surface area contributed by atoms with Gasteiger partial charge in [-0.3, -0.25) is 9.79 Å². The van der Waals surface area contributed by atoms with Gasteiger partial charge in [-0.05, 0) is 30.5 Å². The van der Waals surface area contributed by atoms with Gasteiger partial charge >= 0.3 is 0 Å². The summed E-state index contributed by atoms with van der Waals surface area (Å²) in [5, 5.41) is 15.1. The van der Waals surface area contributed by atoms with Crippen molar-refractivity contribution in [3.8, 4) is 23.0 Å². The fourth-order valence-electron chi connectivity index (χ4n) is 3.93. The van der Waals surface area contributed by atoms with Crippen molar-refractivity contribution in [2.75, 3.05) is 12.8 Å². The van der Waals surface area contributed by atoms with E-state index in [1.165, 1.54) is 17.3 Å². The highest BCUT2D eigenvalue weighted by Crippen LogP contribution is 2.37. The van der Waals surface area contributed by atoms with Crippen molar-refractivity contribution in [1.82, 2.24) is 9.78 Å². The molecular weight excluding hydrogens is 404 g/mol. The summed E-state index contributed by atoms with van der Waals surface area (Å²) in [6, 6.07) is 20.2. The van der Waals surface area contributed by atoms with Crippen LogP contribution in [0.5, 0.6) is 0 Å². The molecule has 0 radical (unpaired) electrons. The molecule has 1 heterocycles. The van der Waals surface area contributed by atoms with Crippen molar-refractivity contribution in [2.24, 2.45) is 10.9 Å². The topological polar surface area (TPSA) is 71.0 Å². The average Bonchev–Trinajstić information content (AvgIpc) is 3.22. The van der Waals surface area contributed by atoms with Gasteiger partial charge in [0.15, 0.2) is 5.92 Å². The summed E-state index contributed by atoms with van der Waals surface area (Å²) in [5.74, 6) is -0.692. The molecule has 1 aliphatic carbocycles. The Hall–Kier alpha value is -3.43. The Labute approximate surface area is 186 Å². The second-order valence-corrected chi connectivity index (χ2v) is 8.21. The second kappa shape index (κ2) is 9.15. The van der Waals surface area contributed by atoms with Crippen LogP contribution in [-0.4, -0.2) is 33.4 Å². The summed E-state index contributed by atoms with van der Waals surface area (Å²) in [4.78, 5) is 17.8. The largest absolute Gasteiger partial charge is 0.290 e. The summed E-state index contributed by atoms with van der Waals surface area (Å²) in [5.41, 5.74) is 5.39. The molecule has 1 aromatic heterocycles. The molecule has 31 heavy (non-hydrogen) atoms. The Morgan fingerprint density at radius 3 is 2.71 bits per heavy atom. The zero-order valence-electron chi connectivity index (χ0n) is 17.3. The number of ketones is 1. The molecule has 0 N–H and O–H groups in total. The average molecular weight is 427 g/mol. The molecule has 1 atom stereocenters. The lowest BCUT2D eigenvalue weighted by molar-refractivity contribution is 0.0970. The molecule has 154 valence electrons. The van der Waals surface area contributed by atoms with Gasteiger partial charge in [0.05, 0.1) is 22.5 Å². The van der Waals surface area contributed by atoms with Crippen molar-refractivity contribution in [3.63, 3.8) is 0 Å². The van der Waals surface area contributed by atoms with E-state index >= 15 is 0 Å². The second-order valence-electron chi connectivity index (χ2n) is 7.17. The maximum atomic E-state index is 13.5. The lowest BCUT2D eigenvalue weighted by atomic mass is 9.87. The number of thioether (sulfide) groups is 1. The van der Waals surface area contributed by atoms with Crippen LogP contribution in [0.15, 0.2) is 72.2 Å². The Morgan fingerprint density at radius 2 is 2.00 bits per heavy atom. The van der Waals surface area contributed by atoms with Crippen LogP contribution in [-0.2, 0) is 12.8 Å². The van der Waals surface area contributed by atoms with Crippen LogP contribution < -0.4 is 0 Å². The molecule has 0 bridgehead atoms. The highest BCUT2D eigenvalue weighted by molar-refractivity contribution is 8.14. The minimum atomic E-state index is -0.977. The molecule has 6 heteroatoms. The van der Waals surface area contributed by atoms with Gasteiger partial charge < -0.3 is 0 Å². The molecule has 0 amide bonds. The minimum Gasteiger partial charge on any atom is -0.290 e. The van der Waals surface area contributed by atoms with E-state index in [1.807, 2.05) is 47.1 Å². The van der Waals surface area contributed by atoms with E-state index in [4.69, 9.17) is 5.10 Å². The highest BCUT2D eigenvalue weighted by Gasteiger charge is 2.34. The molecule has 5 nitrogen and oxygen atoms in total. The number of para-hydroxylation sites is 1.